The fraction of sp³-hybridized carbons (Fsp3) is 0.721. The van der Waals surface area contributed by atoms with Crippen LogP contribution in [0.3, 0.4) is 0 Å². The Morgan fingerprint density at radius 3 is 2.26 bits per heavy atom. The van der Waals surface area contributed by atoms with E-state index in [1.54, 1.807) is 42.8 Å². The smallest absolute Gasteiger partial charge is 0.329 e. The maximum absolute atomic E-state index is 13.8. The highest BCUT2D eigenvalue weighted by atomic mass is 32.2. The molecule has 2 heterocycles. The molecule has 4 amide bonds. The van der Waals surface area contributed by atoms with Crippen LogP contribution in [-0.2, 0) is 35.1 Å². The first kappa shape index (κ1) is 47.7. The van der Waals surface area contributed by atoms with E-state index in [4.69, 9.17) is 20.2 Å². The third-order valence-electron chi connectivity index (χ3n) is 11.5. The van der Waals surface area contributed by atoms with Gasteiger partial charge in [0.2, 0.25) is 23.6 Å². The molecule has 3 rings (SSSR count). The van der Waals surface area contributed by atoms with Crippen LogP contribution in [0.5, 0.6) is 5.75 Å². The Kier molecular flexibility index (Phi) is 17.9. The monoisotopic (exact) mass is 815 g/mol. The highest BCUT2D eigenvalue weighted by Gasteiger charge is 2.43. The van der Waals surface area contributed by atoms with Crippen LogP contribution in [-0.4, -0.2) is 100 Å². The SMILES string of the molecule is CCC(=O)NC(C(=O)N1CCCC1C(=O)OC(CC(C)CC(O)C(C)(C)C1=NC(CCC(=O)NC(Cc2ccc(OC)cc2)C(N)=O)CS1)C(C)(C)C)C(C)CC. The van der Waals surface area contributed by atoms with Gasteiger partial charge in [0.05, 0.1) is 24.3 Å². The fourth-order valence-corrected chi connectivity index (χ4v) is 8.51. The number of hydrogen-bond donors (Lipinski definition) is 4. The number of benzene rings is 1. The first-order chi connectivity index (χ1) is 26.7. The standard InChI is InChI=1S/C43H69N5O8S/c1-11-27(4)37(47-35(50)12-2)39(53)48-21-13-14-32(48)40(54)56-34(42(5,6)7)23-26(3)22-33(49)43(8,9)41-45-29(25-57-41)17-20-36(51)46-31(38(44)52)24-28-15-18-30(55-10)19-16-28/h15-16,18-19,26-27,29,31-34,37,49H,11-14,17,20-25H2,1-10H3,(H2,44,52)(H,46,51)(H,47,50). The molecule has 14 heteroatoms. The average Bonchev–Trinajstić information content (AvgIpc) is 3.86. The number of hydrogen-bond acceptors (Lipinski definition) is 10. The Bertz CT molecular complexity index is 1560. The lowest BCUT2D eigenvalue weighted by Gasteiger charge is -2.37. The molecule has 1 fully saturated rings. The number of primary amides is 1. The second-order valence-corrected chi connectivity index (χ2v) is 18.6. The van der Waals surface area contributed by atoms with E-state index in [0.29, 0.717) is 56.6 Å². The fourth-order valence-electron chi connectivity index (χ4n) is 7.19. The van der Waals surface area contributed by atoms with Crippen molar-refractivity contribution < 1.29 is 38.6 Å². The molecule has 1 aromatic carbocycles. The number of aliphatic hydroxyl groups is 1. The van der Waals surface area contributed by atoms with Crippen molar-refractivity contribution >= 4 is 46.4 Å². The molecule has 2 aliphatic heterocycles. The number of thioether (sulfide) groups is 1. The number of aliphatic hydroxyl groups excluding tert-OH is 1. The molecular formula is C43H69N5O8S. The molecule has 1 saturated heterocycles. The predicted molar refractivity (Wildman–Crippen MR) is 225 cm³/mol. The van der Waals surface area contributed by atoms with Crippen molar-refractivity contribution in [2.45, 2.75) is 156 Å². The van der Waals surface area contributed by atoms with Crippen LogP contribution >= 0.6 is 11.8 Å². The Labute approximate surface area is 344 Å². The van der Waals surface area contributed by atoms with Gasteiger partial charge in [0.15, 0.2) is 0 Å². The summed E-state index contributed by atoms with van der Waals surface area (Å²) in [6.45, 7) is 18.2. The highest BCUT2D eigenvalue weighted by molar-refractivity contribution is 8.14. The summed E-state index contributed by atoms with van der Waals surface area (Å²) in [5.74, 6) is -0.475. The molecule has 0 bridgehead atoms. The molecule has 13 nitrogen and oxygen atoms in total. The van der Waals surface area contributed by atoms with Crippen molar-refractivity contribution in [1.82, 2.24) is 15.5 Å². The quantitative estimate of drug-likeness (QED) is 0.121. The van der Waals surface area contributed by atoms with E-state index in [2.05, 4.69) is 10.6 Å². The number of esters is 1. The molecule has 0 aromatic heterocycles. The number of carbonyl (C=O) groups is 5. The van der Waals surface area contributed by atoms with Gasteiger partial charge in [0.1, 0.15) is 30.0 Å². The molecule has 2 aliphatic rings. The maximum Gasteiger partial charge on any atom is 0.329 e. The van der Waals surface area contributed by atoms with Gasteiger partial charge in [-0.1, -0.05) is 80.9 Å². The third-order valence-corrected chi connectivity index (χ3v) is 12.9. The van der Waals surface area contributed by atoms with Gasteiger partial charge < -0.3 is 35.8 Å². The molecular weight excluding hydrogens is 747 g/mol. The largest absolute Gasteiger partial charge is 0.497 e. The van der Waals surface area contributed by atoms with Gasteiger partial charge in [-0.3, -0.25) is 24.2 Å². The number of aliphatic imine (C=N–C) groups is 1. The van der Waals surface area contributed by atoms with Crippen LogP contribution in [0.15, 0.2) is 29.3 Å². The number of rotatable bonds is 21. The van der Waals surface area contributed by atoms with E-state index in [0.717, 1.165) is 10.6 Å². The lowest BCUT2D eigenvalue weighted by molar-refractivity contribution is -0.164. The Morgan fingerprint density at radius 2 is 1.68 bits per heavy atom. The van der Waals surface area contributed by atoms with Gasteiger partial charge in [0.25, 0.3) is 0 Å². The second-order valence-electron chi connectivity index (χ2n) is 17.6. The molecule has 320 valence electrons. The lowest BCUT2D eigenvalue weighted by Crippen LogP contribution is -2.54. The topological polar surface area (TPSA) is 190 Å². The van der Waals surface area contributed by atoms with Crippen LogP contribution in [0.4, 0.5) is 0 Å². The van der Waals surface area contributed by atoms with E-state index in [-0.39, 0.29) is 54.9 Å². The number of amides is 4. The van der Waals surface area contributed by atoms with Crippen molar-refractivity contribution in [3.05, 3.63) is 29.8 Å². The average molecular weight is 816 g/mol. The summed E-state index contributed by atoms with van der Waals surface area (Å²) in [7, 11) is 1.58. The van der Waals surface area contributed by atoms with Crippen LogP contribution < -0.4 is 21.1 Å². The second kappa shape index (κ2) is 21.4. The first-order valence-electron chi connectivity index (χ1n) is 20.6. The predicted octanol–water partition coefficient (Wildman–Crippen LogP) is 5.20. The van der Waals surface area contributed by atoms with Crippen molar-refractivity contribution in [3.63, 3.8) is 0 Å². The van der Waals surface area contributed by atoms with Gasteiger partial charge in [-0.05, 0) is 67.1 Å². The van der Waals surface area contributed by atoms with Crippen molar-refractivity contribution in [3.8, 4) is 5.75 Å². The molecule has 0 saturated carbocycles. The Morgan fingerprint density at radius 1 is 1.02 bits per heavy atom. The Hall–Kier alpha value is -3.65. The van der Waals surface area contributed by atoms with Gasteiger partial charge in [0, 0.05) is 37.0 Å². The molecule has 8 unspecified atom stereocenters. The van der Waals surface area contributed by atoms with E-state index in [1.165, 1.54) is 0 Å². The van der Waals surface area contributed by atoms with E-state index in [9.17, 15) is 29.1 Å². The van der Waals surface area contributed by atoms with Crippen molar-refractivity contribution in [2.75, 3.05) is 19.4 Å². The number of methoxy groups -OCH3 is 1. The highest BCUT2D eigenvalue weighted by Crippen LogP contribution is 2.39. The van der Waals surface area contributed by atoms with Crippen molar-refractivity contribution in [2.24, 2.45) is 33.4 Å². The van der Waals surface area contributed by atoms with Crippen molar-refractivity contribution in [1.29, 1.82) is 0 Å². The first-order valence-corrected chi connectivity index (χ1v) is 21.6. The normalized spacial score (nSPS) is 20.4. The van der Waals surface area contributed by atoms with E-state index < -0.39 is 53.0 Å². The van der Waals surface area contributed by atoms with Gasteiger partial charge in [-0.25, -0.2) is 4.79 Å². The minimum Gasteiger partial charge on any atom is -0.497 e. The number of nitrogens with two attached hydrogens (primary N) is 1. The summed E-state index contributed by atoms with van der Waals surface area (Å²) in [5, 5.41) is 18.1. The zero-order valence-electron chi connectivity index (χ0n) is 35.9. The number of carbonyl (C=O) groups excluding carboxylic acids is 5. The lowest BCUT2D eigenvalue weighted by atomic mass is 9.78. The molecule has 0 spiro atoms. The molecule has 0 aliphatic carbocycles. The van der Waals surface area contributed by atoms with E-state index >= 15 is 0 Å². The van der Waals surface area contributed by atoms with Crippen LogP contribution in [0.25, 0.3) is 0 Å². The number of nitrogens with zero attached hydrogens (tertiary/aromatic N) is 2. The number of nitrogens with one attached hydrogen (secondary N) is 2. The van der Waals surface area contributed by atoms with Gasteiger partial charge in [-0.15, -0.1) is 11.8 Å². The molecule has 57 heavy (non-hydrogen) atoms. The Balaban J connectivity index is 1.57. The van der Waals surface area contributed by atoms with Crippen LogP contribution in [0.2, 0.25) is 0 Å². The molecule has 8 atom stereocenters. The van der Waals surface area contributed by atoms with E-state index in [1.807, 2.05) is 67.5 Å². The number of likely N-dealkylation sites (tertiary alicyclic amines) is 1. The zero-order valence-corrected chi connectivity index (χ0v) is 36.7. The van der Waals surface area contributed by atoms with Gasteiger partial charge in [-0.2, -0.15) is 0 Å². The summed E-state index contributed by atoms with van der Waals surface area (Å²) in [6.07, 6.45) is 2.88. The summed E-state index contributed by atoms with van der Waals surface area (Å²) in [5.41, 5.74) is 5.41. The zero-order chi connectivity index (χ0) is 42.7. The maximum atomic E-state index is 13.8. The molecule has 1 aromatic rings. The molecule has 0 radical (unpaired) electrons. The summed E-state index contributed by atoms with van der Waals surface area (Å²) in [4.78, 5) is 71.3. The van der Waals surface area contributed by atoms with Crippen LogP contribution in [0.1, 0.15) is 119 Å². The summed E-state index contributed by atoms with van der Waals surface area (Å²) >= 11 is 1.59. The summed E-state index contributed by atoms with van der Waals surface area (Å²) in [6, 6.07) is 4.89. The minimum absolute atomic E-state index is 0.0146. The molecule has 5 N–H and O–H groups in total. The van der Waals surface area contributed by atoms with Gasteiger partial charge >= 0.3 is 5.97 Å². The summed E-state index contributed by atoms with van der Waals surface area (Å²) < 4.78 is 11.4. The van der Waals surface area contributed by atoms with Crippen LogP contribution in [0, 0.1) is 22.7 Å². The number of ether oxygens (including phenoxy) is 2. The third kappa shape index (κ3) is 13.7. The minimum atomic E-state index is -0.838.